The molecule has 0 N–H and O–H groups in total. The minimum absolute atomic E-state index is 0.0142. The Balaban J connectivity index is 1.55. The second-order valence-corrected chi connectivity index (χ2v) is 7.56. The zero-order valence-corrected chi connectivity index (χ0v) is 16.1. The molecule has 142 valence electrons. The predicted octanol–water partition coefficient (Wildman–Crippen LogP) is 2.01. The van der Waals surface area contributed by atoms with Gasteiger partial charge in [-0.1, -0.05) is 17.7 Å². The summed E-state index contributed by atoms with van der Waals surface area (Å²) in [6.45, 7) is 7.73. The van der Waals surface area contributed by atoms with E-state index < -0.39 is 0 Å². The highest BCUT2D eigenvalue weighted by Gasteiger charge is 2.31. The van der Waals surface area contributed by atoms with Crippen molar-refractivity contribution in [3.8, 4) is 0 Å². The van der Waals surface area contributed by atoms with Gasteiger partial charge in [-0.15, -0.1) is 0 Å². The number of hydrogen-bond acceptors (Lipinski definition) is 4. The van der Waals surface area contributed by atoms with E-state index in [-0.39, 0.29) is 24.5 Å². The average molecular weight is 380 g/mol. The van der Waals surface area contributed by atoms with Gasteiger partial charge in [-0.3, -0.25) is 14.5 Å². The van der Waals surface area contributed by atoms with Crippen LogP contribution in [0, 0.1) is 0 Å². The summed E-state index contributed by atoms with van der Waals surface area (Å²) in [5.74, 6) is -0.0973. The first kappa shape index (κ1) is 19.1. The van der Waals surface area contributed by atoms with E-state index in [1.165, 1.54) is 0 Å². The third-order valence-corrected chi connectivity index (χ3v) is 5.23. The van der Waals surface area contributed by atoms with Gasteiger partial charge in [0.25, 0.3) is 0 Å². The molecule has 1 aromatic carbocycles. The van der Waals surface area contributed by atoms with Crippen molar-refractivity contribution in [2.75, 3.05) is 44.2 Å². The van der Waals surface area contributed by atoms with Gasteiger partial charge in [0.1, 0.15) is 6.54 Å². The number of morpholine rings is 1. The first-order valence-corrected chi connectivity index (χ1v) is 9.51. The molecule has 0 aliphatic carbocycles. The lowest BCUT2D eigenvalue weighted by molar-refractivity contribution is -0.141. The fraction of sp³-hybridized carbons (Fsp3) is 0.579. The number of piperazine rings is 1. The van der Waals surface area contributed by atoms with E-state index in [0.717, 1.165) is 18.8 Å². The van der Waals surface area contributed by atoms with Crippen LogP contribution in [0.1, 0.15) is 20.3 Å². The summed E-state index contributed by atoms with van der Waals surface area (Å²) in [7, 11) is 0. The molecule has 2 fully saturated rings. The lowest BCUT2D eigenvalue weighted by Crippen LogP contribution is -2.54. The van der Waals surface area contributed by atoms with Crippen molar-refractivity contribution in [3.63, 3.8) is 0 Å². The largest absolute Gasteiger partial charge is 0.375 e. The average Bonchev–Trinajstić information content (AvgIpc) is 2.61. The highest BCUT2D eigenvalue weighted by Crippen LogP contribution is 2.22. The molecule has 1 atom stereocenters. The highest BCUT2D eigenvalue weighted by atomic mass is 35.5. The van der Waals surface area contributed by atoms with Crippen LogP contribution in [0.5, 0.6) is 0 Å². The van der Waals surface area contributed by atoms with Crippen molar-refractivity contribution in [1.82, 2.24) is 9.80 Å². The maximum Gasteiger partial charge on any atom is 0.246 e. The Kier molecular flexibility index (Phi) is 6.16. The van der Waals surface area contributed by atoms with E-state index >= 15 is 0 Å². The molecule has 2 saturated heterocycles. The molecule has 1 aromatic rings. The zero-order chi connectivity index (χ0) is 18.7. The van der Waals surface area contributed by atoms with Crippen LogP contribution in [0.25, 0.3) is 0 Å². The summed E-state index contributed by atoms with van der Waals surface area (Å²) in [5.41, 5.74) is 0.776. The lowest BCUT2D eigenvalue weighted by atomic mass is 10.1. The Labute approximate surface area is 159 Å². The number of benzene rings is 1. The number of carbonyl (C=O) groups is 2. The van der Waals surface area contributed by atoms with Crippen molar-refractivity contribution in [3.05, 3.63) is 29.3 Å². The van der Waals surface area contributed by atoms with Gasteiger partial charge < -0.3 is 14.5 Å². The maximum atomic E-state index is 12.6. The van der Waals surface area contributed by atoms with Crippen LogP contribution in [-0.2, 0) is 14.3 Å². The standard InChI is InChI=1S/C19H26ClN3O3/c1-14(2)21-8-9-26-17(12-21)11-18(24)22-6-7-23(19(25)13-22)16-5-3-4-15(20)10-16/h3-5,10,14,17H,6-9,11-13H2,1-2H3. The molecule has 0 spiro atoms. The summed E-state index contributed by atoms with van der Waals surface area (Å²) >= 11 is 6.01. The third-order valence-electron chi connectivity index (χ3n) is 5.00. The van der Waals surface area contributed by atoms with Crippen LogP contribution < -0.4 is 4.90 Å². The molecular weight excluding hydrogens is 354 g/mol. The van der Waals surface area contributed by atoms with Crippen molar-refractivity contribution < 1.29 is 14.3 Å². The van der Waals surface area contributed by atoms with Crippen molar-refractivity contribution in [2.45, 2.75) is 32.4 Å². The van der Waals surface area contributed by atoms with Crippen LogP contribution in [0.3, 0.4) is 0 Å². The van der Waals surface area contributed by atoms with E-state index in [9.17, 15) is 9.59 Å². The van der Waals surface area contributed by atoms with Crippen molar-refractivity contribution >= 4 is 29.1 Å². The molecule has 6 nitrogen and oxygen atoms in total. The fourth-order valence-corrected chi connectivity index (χ4v) is 3.65. The Morgan fingerprint density at radius 1 is 1.31 bits per heavy atom. The topological polar surface area (TPSA) is 53.1 Å². The molecule has 2 aliphatic rings. The predicted molar refractivity (Wildman–Crippen MR) is 101 cm³/mol. The second-order valence-electron chi connectivity index (χ2n) is 7.13. The number of hydrogen-bond donors (Lipinski definition) is 0. The number of amides is 2. The van der Waals surface area contributed by atoms with Gasteiger partial charge in [0.2, 0.25) is 11.8 Å². The Bertz CT molecular complexity index is 667. The summed E-state index contributed by atoms with van der Waals surface area (Å²) in [4.78, 5) is 30.8. The number of ether oxygens (including phenoxy) is 1. The van der Waals surface area contributed by atoms with Gasteiger partial charge >= 0.3 is 0 Å². The number of carbonyl (C=O) groups excluding carboxylic acids is 2. The summed E-state index contributed by atoms with van der Waals surface area (Å²) in [6, 6.07) is 7.67. The normalized spacial score (nSPS) is 22.2. The number of halogens is 1. The first-order valence-electron chi connectivity index (χ1n) is 9.13. The van der Waals surface area contributed by atoms with Gasteiger partial charge in [-0.25, -0.2) is 0 Å². The Morgan fingerprint density at radius 3 is 2.81 bits per heavy atom. The number of rotatable bonds is 4. The molecule has 2 amide bonds. The SMILES string of the molecule is CC(C)N1CCOC(CC(=O)N2CCN(c3cccc(Cl)c3)C(=O)C2)C1. The third kappa shape index (κ3) is 4.55. The highest BCUT2D eigenvalue weighted by molar-refractivity contribution is 6.30. The summed E-state index contributed by atoms with van der Waals surface area (Å²) < 4.78 is 5.75. The van der Waals surface area contributed by atoms with Gasteiger partial charge in [-0.05, 0) is 32.0 Å². The molecule has 3 rings (SSSR count). The second kappa shape index (κ2) is 8.37. The quantitative estimate of drug-likeness (QED) is 0.803. The maximum absolute atomic E-state index is 12.6. The molecule has 0 saturated carbocycles. The molecule has 0 radical (unpaired) electrons. The molecule has 7 heteroatoms. The molecule has 2 heterocycles. The van der Waals surface area contributed by atoms with Crippen molar-refractivity contribution in [1.29, 1.82) is 0 Å². The van der Waals surface area contributed by atoms with Crippen molar-refractivity contribution in [2.24, 2.45) is 0 Å². The van der Waals surface area contributed by atoms with E-state index in [2.05, 4.69) is 18.7 Å². The van der Waals surface area contributed by atoms with Crippen LogP contribution >= 0.6 is 11.6 Å². The van der Waals surface area contributed by atoms with Crippen LogP contribution in [0.15, 0.2) is 24.3 Å². The summed E-state index contributed by atoms with van der Waals surface area (Å²) in [5, 5.41) is 0.595. The molecule has 0 aromatic heterocycles. The minimum Gasteiger partial charge on any atom is -0.375 e. The number of nitrogens with zero attached hydrogens (tertiary/aromatic N) is 3. The van der Waals surface area contributed by atoms with Gasteiger partial charge in [0, 0.05) is 42.9 Å². The van der Waals surface area contributed by atoms with E-state index in [0.29, 0.717) is 37.2 Å². The molecule has 0 bridgehead atoms. The van der Waals surface area contributed by atoms with Gasteiger partial charge in [0.15, 0.2) is 0 Å². The Morgan fingerprint density at radius 2 is 2.12 bits per heavy atom. The van der Waals surface area contributed by atoms with Crippen LogP contribution in [-0.4, -0.2) is 73.1 Å². The van der Waals surface area contributed by atoms with Gasteiger partial charge in [-0.2, -0.15) is 0 Å². The number of anilines is 1. The minimum atomic E-state index is -0.0975. The molecular formula is C19H26ClN3O3. The zero-order valence-electron chi connectivity index (χ0n) is 15.4. The first-order chi connectivity index (χ1) is 12.4. The molecule has 1 unspecified atom stereocenters. The van der Waals surface area contributed by atoms with Gasteiger partial charge in [0.05, 0.1) is 19.1 Å². The van der Waals surface area contributed by atoms with Crippen LogP contribution in [0.2, 0.25) is 5.02 Å². The van der Waals surface area contributed by atoms with E-state index in [1.54, 1.807) is 21.9 Å². The Hall–Kier alpha value is -1.63. The lowest BCUT2D eigenvalue weighted by Gasteiger charge is -2.37. The molecule has 2 aliphatic heterocycles. The van der Waals surface area contributed by atoms with E-state index in [1.807, 2.05) is 12.1 Å². The monoisotopic (exact) mass is 379 g/mol. The smallest absolute Gasteiger partial charge is 0.246 e. The fourth-order valence-electron chi connectivity index (χ4n) is 3.46. The summed E-state index contributed by atoms with van der Waals surface area (Å²) in [6.07, 6.45) is 0.230. The molecule has 26 heavy (non-hydrogen) atoms. The van der Waals surface area contributed by atoms with E-state index in [4.69, 9.17) is 16.3 Å². The van der Waals surface area contributed by atoms with Crippen LogP contribution in [0.4, 0.5) is 5.69 Å².